The van der Waals surface area contributed by atoms with Gasteiger partial charge in [-0.3, -0.25) is 0 Å². The Balaban J connectivity index is 1.71. The van der Waals surface area contributed by atoms with Gasteiger partial charge in [0.15, 0.2) is 0 Å². The summed E-state index contributed by atoms with van der Waals surface area (Å²) in [4.78, 5) is 4.67. The highest BCUT2D eigenvalue weighted by molar-refractivity contribution is 7.99. The van der Waals surface area contributed by atoms with Crippen LogP contribution in [0.1, 0.15) is 22.3 Å². The van der Waals surface area contributed by atoms with Gasteiger partial charge in [0, 0.05) is 37.3 Å². The molecule has 0 bridgehead atoms. The van der Waals surface area contributed by atoms with Crippen LogP contribution >= 0.6 is 7.36 Å². The van der Waals surface area contributed by atoms with E-state index in [1.807, 2.05) is 0 Å². The van der Waals surface area contributed by atoms with E-state index < -0.39 is 0 Å². The third-order valence-electron chi connectivity index (χ3n) is 4.14. The third kappa shape index (κ3) is 3.63. The number of anilines is 1. The highest BCUT2D eigenvalue weighted by atomic mass is 32.4. The first-order valence-corrected chi connectivity index (χ1v) is 9.67. The summed E-state index contributed by atoms with van der Waals surface area (Å²) in [6, 6.07) is 13.1. The van der Waals surface area contributed by atoms with Crippen molar-refractivity contribution in [2.45, 2.75) is 27.3 Å². The number of aryl methyl sites for hydroxylation is 3. The summed E-state index contributed by atoms with van der Waals surface area (Å²) < 4.78 is 0. The van der Waals surface area contributed by atoms with Gasteiger partial charge in [0.05, 0.1) is 6.67 Å². The van der Waals surface area contributed by atoms with Crippen LogP contribution in [0.25, 0.3) is 0 Å². The summed E-state index contributed by atoms with van der Waals surface area (Å²) in [6.07, 6.45) is 4.36. The van der Waals surface area contributed by atoms with Crippen LogP contribution in [-0.2, 0) is 18.4 Å². The summed E-state index contributed by atoms with van der Waals surface area (Å²) in [5.74, 6) is 0. The standard InChI is InChI=1S/C19H21N2PS/c1-14-10-15(2)19(16(3)11-14)21-9-8-20(13-21)12-17-4-6-18(22-23)7-5-17/h4-11H,12-13H2,1-3H3. The molecule has 0 N–H and O–H groups in total. The molecule has 118 valence electrons. The summed E-state index contributed by atoms with van der Waals surface area (Å²) in [5.41, 5.74) is 6.64. The fourth-order valence-electron chi connectivity index (χ4n) is 3.23. The molecule has 1 heterocycles. The number of hydrogen-bond donors (Lipinski definition) is 0. The minimum absolute atomic E-state index is 0.895. The maximum Gasteiger partial charge on any atom is 0.0945 e. The van der Waals surface area contributed by atoms with E-state index in [9.17, 15) is 0 Å². The summed E-state index contributed by atoms with van der Waals surface area (Å²) in [6.45, 7) is 8.36. The average molecular weight is 340 g/mol. The summed E-state index contributed by atoms with van der Waals surface area (Å²) in [5, 5.41) is 1.19. The SMILES string of the molecule is Cc1cc(C)c(N2C=CN(Cc3ccc(P=S)cc3)C2)c(C)c1. The van der Waals surface area contributed by atoms with Crippen molar-refractivity contribution in [2.24, 2.45) is 0 Å². The molecule has 4 heteroatoms. The first-order valence-electron chi connectivity index (χ1n) is 7.76. The molecule has 0 spiro atoms. The molecular formula is C19H21N2PS. The maximum absolute atomic E-state index is 5.05. The molecule has 2 aromatic rings. The van der Waals surface area contributed by atoms with E-state index in [0.29, 0.717) is 0 Å². The van der Waals surface area contributed by atoms with E-state index in [1.54, 1.807) is 0 Å². The normalized spacial score (nSPS) is 14.0. The summed E-state index contributed by atoms with van der Waals surface area (Å²) >= 11 is 5.05. The van der Waals surface area contributed by atoms with Crippen molar-refractivity contribution in [1.82, 2.24) is 4.90 Å². The fraction of sp³-hybridized carbons (Fsp3) is 0.263. The fourth-order valence-corrected chi connectivity index (χ4v) is 3.87. The molecule has 0 radical (unpaired) electrons. The Hall–Kier alpha value is -1.70. The second-order valence-electron chi connectivity index (χ2n) is 6.16. The van der Waals surface area contributed by atoms with Crippen molar-refractivity contribution in [2.75, 3.05) is 11.6 Å². The zero-order chi connectivity index (χ0) is 16.4. The van der Waals surface area contributed by atoms with Crippen LogP contribution in [0.5, 0.6) is 0 Å². The maximum atomic E-state index is 5.05. The van der Waals surface area contributed by atoms with Gasteiger partial charge in [-0.25, -0.2) is 0 Å². The Kier molecular flexibility index (Phi) is 4.79. The minimum atomic E-state index is 0.895. The number of nitrogens with zero attached hydrogens (tertiary/aromatic N) is 2. The Labute approximate surface area is 145 Å². The van der Waals surface area contributed by atoms with E-state index in [0.717, 1.165) is 20.6 Å². The molecule has 2 aromatic carbocycles. The molecule has 0 atom stereocenters. The van der Waals surface area contributed by atoms with Gasteiger partial charge in [0.25, 0.3) is 0 Å². The van der Waals surface area contributed by atoms with E-state index in [4.69, 9.17) is 11.8 Å². The molecular weight excluding hydrogens is 319 g/mol. The van der Waals surface area contributed by atoms with Crippen molar-refractivity contribution >= 4 is 30.2 Å². The molecule has 3 rings (SSSR count). The van der Waals surface area contributed by atoms with Crippen LogP contribution in [-0.4, -0.2) is 11.6 Å². The largest absolute Gasteiger partial charge is 0.354 e. The minimum Gasteiger partial charge on any atom is -0.354 e. The second kappa shape index (κ2) is 6.82. The van der Waals surface area contributed by atoms with Gasteiger partial charge in [0.1, 0.15) is 0 Å². The lowest BCUT2D eigenvalue weighted by atomic mass is 10.0. The smallest absolute Gasteiger partial charge is 0.0945 e. The van der Waals surface area contributed by atoms with Crippen LogP contribution in [0.3, 0.4) is 0 Å². The molecule has 0 fully saturated rings. The number of rotatable bonds is 4. The molecule has 23 heavy (non-hydrogen) atoms. The lowest BCUT2D eigenvalue weighted by Crippen LogP contribution is -2.25. The molecule has 0 aliphatic carbocycles. The Morgan fingerprint density at radius 1 is 1.00 bits per heavy atom. The highest BCUT2D eigenvalue weighted by Crippen LogP contribution is 2.29. The van der Waals surface area contributed by atoms with Crippen molar-refractivity contribution in [3.05, 3.63) is 71.1 Å². The molecule has 0 amide bonds. The van der Waals surface area contributed by atoms with Crippen molar-refractivity contribution in [1.29, 1.82) is 0 Å². The van der Waals surface area contributed by atoms with Gasteiger partial charge >= 0.3 is 0 Å². The van der Waals surface area contributed by atoms with E-state index in [2.05, 4.69) is 79.4 Å². The molecule has 0 aromatic heterocycles. The van der Waals surface area contributed by atoms with Crippen LogP contribution in [0.15, 0.2) is 48.8 Å². The predicted octanol–water partition coefficient (Wildman–Crippen LogP) is 4.40. The van der Waals surface area contributed by atoms with Crippen molar-refractivity contribution in [3.63, 3.8) is 0 Å². The lowest BCUT2D eigenvalue weighted by Gasteiger charge is -2.25. The number of benzene rings is 2. The molecule has 0 unspecified atom stereocenters. The van der Waals surface area contributed by atoms with Crippen LogP contribution in [0, 0.1) is 20.8 Å². The monoisotopic (exact) mass is 340 g/mol. The Morgan fingerprint density at radius 2 is 1.65 bits per heavy atom. The molecule has 1 aliphatic heterocycles. The van der Waals surface area contributed by atoms with Gasteiger partial charge in [0.2, 0.25) is 0 Å². The van der Waals surface area contributed by atoms with Crippen LogP contribution < -0.4 is 10.2 Å². The molecule has 0 saturated carbocycles. The first-order chi connectivity index (χ1) is 11.1. The first kappa shape index (κ1) is 16.2. The topological polar surface area (TPSA) is 6.48 Å². The van der Waals surface area contributed by atoms with Crippen molar-refractivity contribution < 1.29 is 0 Å². The molecule has 1 aliphatic rings. The van der Waals surface area contributed by atoms with Crippen molar-refractivity contribution in [3.8, 4) is 0 Å². The average Bonchev–Trinajstić information content (AvgIpc) is 2.95. The highest BCUT2D eigenvalue weighted by Gasteiger charge is 2.17. The zero-order valence-electron chi connectivity index (χ0n) is 13.8. The van der Waals surface area contributed by atoms with Gasteiger partial charge < -0.3 is 9.80 Å². The van der Waals surface area contributed by atoms with Gasteiger partial charge in [-0.1, -0.05) is 41.6 Å². The quantitative estimate of drug-likeness (QED) is 0.762. The third-order valence-corrected chi connectivity index (χ3v) is 5.28. The lowest BCUT2D eigenvalue weighted by molar-refractivity contribution is 0.400. The van der Waals surface area contributed by atoms with Gasteiger partial charge in [-0.2, -0.15) is 0 Å². The zero-order valence-corrected chi connectivity index (χ0v) is 15.5. The molecule has 2 nitrogen and oxygen atoms in total. The van der Waals surface area contributed by atoms with Crippen LogP contribution in [0.4, 0.5) is 5.69 Å². The van der Waals surface area contributed by atoms with E-state index >= 15 is 0 Å². The predicted molar refractivity (Wildman–Crippen MR) is 103 cm³/mol. The summed E-state index contributed by atoms with van der Waals surface area (Å²) in [7, 11) is 0.913. The van der Waals surface area contributed by atoms with Gasteiger partial charge in [-0.05, 0) is 49.6 Å². The second-order valence-corrected chi connectivity index (χ2v) is 7.41. The Morgan fingerprint density at radius 3 is 2.26 bits per heavy atom. The Bertz CT molecular complexity index is 729. The van der Waals surface area contributed by atoms with E-state index in [1.165, 1.54) is 33.2 Å². The number of hydrogen-bond acceptors (Lipinski definition) is 3. The van der Waals surface area contributed by atoms with Gasteiger partial charge in [-0.15, -0.1) is 0 Å². The molecule has 0 saturated heterocycles. The van der Waals surface area contributed by atoms with E-state index in [-0.39, 0.29) is 0 Å². The van der Waals surface area contributed by atoms with Crippen LogP contribution in [0.2, 0.25) is 0 Å².